The second-order valence-corrected chi connectivity index (χ2v) is 9.70. The van der Waals surface area contributed by atoms with E-state index in [0.717, 1.165) is 34.3 Å². The Morgan fingerprint density at radius 1 is 0.575 bits per heavy atom. The van der Waals surface area contributed by atoms with Crippen LogP contribution in [0.3, 0.4) is 0 Å². The van der Waals surface area contributed by atoms with Gasteiger partial charge in [0, 0.05) is 23.1 Å². The van der Waals surface area contributed by atoms with E-state index in [1.54, 1.807) is 12.1 Å². The van der Waals surface area contributed by atoms with Crippen LogP contribution in [0.15, 0.2) is 134 Å². The smallest absolute Gasteiger partial charge is 0.335 e. The van der Waals surface area contributed by atoms with E-state index in [0.29, 0.717) is 5.75 Å². The van der Waals surface area contributed by atoms with E-state index in [9.17, 15) is 4.79 Å². The predicted octanol–water partition coefficient (Wildman–Crippen LogP) is 9.70. The number of carbonyl (C=O) groups is 1. The fourth-order valence-corrected chi connectivity index (χ4v) is 4.42. The highest BCUT2D eigenvalue weighted by Gasteiger charge is 2.12. The predicted molar refractivity (Wildman–Crippen MR) is 167 cm³/mol. The minimum absolute atomic E-state index is 0.467. The molecule has 0 aliphatic carbocycles. The topological polar surface area (TPSA) is 29.5 Å². The lowest BCUT2D eigenvalue weighted by Crippen LogP contribution is -2.09. The summed E-state index contributed by atoms with van der Waals surface area (Å²) in [6.45, 7) is 7.63. The van der Waals surface area contributed by atoms with E-state index in [-0.39, 0.29) is 0 Å². The second kappa shape index (κ2) is 12.1. The van der Waals surface area contributed by atoms with Crippen LogP contribution < -0.4 is 9.64 Å². The number of anilines is 3. The van der Waals surface area contributed by atoms with Crippen LogP contribution in [0.1, 0.15) is 22.3 Å². The van der Waals surface area contributed by atoms with Gasteiger partial charge in [-0.25, -0.2) is 4.79 Å². The van der Waals surface area contributed by atoms with Gasteiger partial charge >= 0.3 is 5.97 Å². The largest absolute Gasteiger partial charge is 0.423 e. The van der Waals surface area contributed by atoms with Gasteiger partial charge in [0.05, 0.1) is 0 Å². The molecule has 0 aliphatic rings. The van der Waals surface area contributed by atoms with Gasteiger partial charge in [0.2, 0.25) is 0 Å². The van der Waals surface area contributed by atoms with Gasteiger partial charge in [-0.3, -0.25) is 0 Å². The molecule has 0 saturated heterocycles. The Kier molecular flexibility index (Phi) is 8.03. The molecule has 0 aromatic heterocycles. The number of carbonyl (C=O) groups excluding carboxylic acids is 1. The maximum atomic E-state index is 11.4. The zero-order valence-corrected chi connectivity index (χ0v) is 22.7. The molecule has 0 atom stereocenters. The number of hydrogen-bond acceptors (Lipinski definition) is 3. The maximum absolute atomic E-state index is 11.4. The summed E-state index contributed by atoms with van der Waals surface area (Å²) < 4.78 is 5.14. The van der Waals surface area contributed by atoms with Crippen molar-refractivity contribution in [3.05, 3.63) is 156 Å². The van der Waals surface area contributed by atoms with Crippen LogP contribution in [0, 0.1) is 13.8 Å². The molecule has 0 N–H and O–H groups in total. The normalized spacial score (nSPS) is 10.8. The van der Waals surface area contributed by atoms with Gasteiger partial charge < -0.3 is 9.64 Å². The maximum Gasteiger partial charge on any atom is 0.335 e. The molecule has 0 bridgehead atoms. The Morgan fingerprint density at radius 2 is 0.950 bits per heavy atom. The molecule has 0 amide bonds. The summed E-state index contributed by atoms with van der Waals surface area (Å²) in [5, 5.41) is 0. The van der Waals surface area contributed by atoms with Crippen molar-refractivity contribution in [1.29, 1.82) is 0 Å². The van der Waals surface area contributed by atoms with Gasteiger partial charge in [-0.1, -0.05) is 103 Å². The Hall–Kier alpha value is -5.15. The fraction of sp³-hybridized carbons (Fsp3) is 0.0541. The van der Waals surface area contributed by atoms with Crippen LogP contribution in [0.2, 0.25) is 0 Å². The zero-order chi connectivity index (χ0) is 27.9. The fourth-order valence-electron chi connectivity index (χ4n) is 4.42. The first kappa shape index (κ1) is 26.5. The van der Waals surface area contributed by atoms with E-state index in [1.165, 1.54) is 22.3 Å². The first-order chi connectivity index (χ1) is 19.5. The summed E-state index contributed by atoms with van der Waals surface area (Å²) in [4.78, 5) is 13.6. The van der Waals surface area contributed by atoms with Crippen molar-refractivity contribution in [2.45, 2.75) is 13.8 Å². The summed E-state index contributed by atoms with van der Waals surface area (Å²) in [5.41, 5.74) is 10.3. The van der Waals surface area contributed by atoms with Crippen molar-refractivity contribution < 1.29 is 9.53 Å². The van der Waals surface area contributed by atoms with E-state index in [1.807, 2.05) is 18.2 Å². The molecule has 196 valence electrons. The molecule has 0 aliphatic heterocycles. The molecule has 0 radical (unpaired) electrons. The lowest BCUT2D eigenvalue weighted by Gasteiger charge is -2.26. The van der Waals surface area contributed by atoms with Crippen molar-refractivity contribution in [2.24, 2.45) is 0 Å². The Morgan fingerprint density at radius 3 is 1.43 bits per heavy atom. The quantitative estimate of drug-likeness (QED) is 0.0881. The number of hydrogen-bond donors (Lipinski definition) is 0. The lowest BCUT2D eigenvalue weighted by atomic mass is 10.0. The van der Waals surface area contributed by atoms with Crippen molar-refractivity contribution in [3.63, 3.8) is 0 Å². The molecule has 5 aromatic rings. The molecule has 3 nitrogen and oxygen atoms in total. The molecule has 0 fully saturated rings. The highest BCUT2D eigenvalue weighted by molar-refractivity contribution is 5.83. The van der Waals surface area contributed by atoms with Crippen molar-refractivity contribution in [3.8, 4) is 16.9 Å². The lowest BCUT2D eigenvalue weighted by molar-refractivity contribution is -0.128. The Labute approximate surface area is 236 Å². The van der Waals surface area contributed by atoms with Gasteiger partial charge in [0.15, 0.2) is 0 Å². The summed E-state index contributed by atoms with van der Waals surface area (Å²) in [7, 11) is 0. The second-order valence-electron chi connectivity index (χ2n) is 9.70. The number of esters is 1. The van der Waals surface area contributed by atoms with Crippen molar-refractivity contribution in [1.82, 2.24) is 0 Å². The number of rotatable bonds is 8. The Bertz CT molecular complexity index is 1610. The van der Waals surface area contributed by atoms with Crippen LogP contribution in [-0.4, -0.2) is 5.97 Å². The van der Waals surface area contributed by atoms with E-state index >= 15 is 0 Å². The highest BCUT2D eigenvalue weighted by Crippen LogP contribution is 2.36. The summed E-state index contributed by atoms with van der Waals surface area (Å²) in [6.07, 6.45) is 5.26. The minimum Gasteiger partial charge on any atom is -0.423 e. The summed E-state index contributed by atoms with van der Waals surface area (Å²) >= 11 is 0. The molecule has 0 unspecified atom stereocenters. The van der Waals surface area contributed by atoms with E-state index in [2.05, 4.69) is 128 Å². The van der Waals surface area contributed by atoms with Crippen LogP contribution in [0.5, 0.6) is 5.75 Å². The van der Waals surface area contributed by atoms with Crippen molar-refractivity contribution in [2.75, 3.05) is 4.90 Å². The minimum atomic E-state index is -0.467. The molecule has 5 aromatic carbocycles. The van der Waals surface area contributed by atoms with E-state index < -0.39 is 5.97 Å². The van der Waals surface area contributed by atoms with Crippen molar-refractivity contribution >= 4 is 35.2 Å². The third-order valence-corrected chi connectivity index (χ3v) is 6.69. The molecule has 40 heavy (non-hydrogen) atoms. The highest BCUT2D eigenvalue weighted by atomic mass is 16.5. The van der Waals surface area contributed by atoms with E-state index in [4.69, 9.17) is 4.74 Å². The first-order valence-corrected chi connectivity index (χ1v) is 13.2. The number of benzene rings is 5. The van der Waals surface area contributed by atoms with Gasteiger partial charge in [-0.15, -0.1) is 0 Å². The van der Waals surface area contributed by atoms with Gasteiger partial charge in [0.25, 0.3) is 0 Å². The van der Waals surface area contributed by atoms with Crippen LogP contribution in [-0.2, 0) is 4.79 Å². The van der Waals surface area contributed by atoms with Gasteiger partial charge in [-0.2, -0.15) is 0 Å². The monoisotopic (exact) mass is 521 g/mol. The average Bonchev–Trinajstić information content (AvgIpc) is 2.99. The molecular weight excluding hydrogens is 490 g/mol. The SMILES string of the molecule is C=CC(=O)Oc1ccc(/C=C/c2ccc(N(c3ccc(C)cc3)c3ccc(-c4ccc(C)cc4)cc3)cc2)cc1. The molecule has 3 heteroatoms. The standard InChI is InChI=1S/C37H31NO2/c1-4-37(39)40-36-25-13-30(14-26-36)10-9-29-11-21-34(22-12-29)38(33-19-7-28(3)8-20-33)35-23-17-32(18-24-35)31-15-5-27(2)6-16-31/h4-26H,1H2,2-3H3/b10-9+. The number of nitrogens with zero attached hydrogens (tertiary/aromatic N) is 1. The molecule has 0 spiro atoms. The van der Waals surface area contributed by atoms with Gasteiger partial charge in [0.1, 0.15) is 5.75 Å². The third-order valence-electron chi connectivity index (χ3n) is 6.69. The van der Waals surface area contributed by atoms with Gasteiger partial charge in [-0.05, 0) is 84.6 Å². The molecule has 5 rings (SSSR count). The summed E-state index contributed by atoms with van der Waals surface area (Å²) in [5.74, 6) is 0.0276. The van der Waals surface area contributed by atoms with Crippen LogP contribution in [0.25, 0.3) is 23.3 Å². The number of aryl methyl sites for hydroxylation is 2. The molecular formula is C37H31NO2. The van der Waals surface area contributed by atoms with Crippen LogP contribution >= 0.6 is 0 Å². The summed E-state index contributed by atoms with van der Waals surface area (Å²) in [6, 6.07) is 41.9. The molecule has 0 heterocycles. The first-order valence-electron chi connectivity index (χ1n) is 13.2. The third kappa shape index (κ3) is 6.46. The van der Waals surface area contributed by atoms with Crippen LogP contribution in [0.4, 0.5) is 17.1 Å². The zero-order valence-electron chi connectivity index (χ0n) is 22.7. The molecule has 0 saturated carbocycles. The Balaban J connectivity index is 1.38. The number of ether oxygens (including phenoxy) is 1. The average molecular weight is 522 g/mol.